The summed E-state index contributed by atoms with van der Waals surface area (Å²) in [5, 5.41) is 4.47. The average molecular weight is 297 g/mol. The van der Waals surface area contributed by atoms with E-state index in [0.29, 0.717) is 12.2 Å². The van der Waals surface area contributed by atoms with Crippen LogP contribution in [0, 0.1) is 0 Å². The number of thiol groups is 1. The highest BCUT2D eigenvalue weighted by molar-refractivity contribution is 7.81. The molecule has 100 valence electrons. The van der Waals surface area contributed by atoms with Crippen molar-refractivity contribution in [3.63, 3.8) is 0 Å². The number of aromatic nitrogens is 3. The van der Waals surface area contributed by atoms with E-state index < -0.39 is 0 Å². The Bertz CT molecular complexity index is 572. The van der Waals surface area contributed by atoms with Gasteiger partial charge in [0.1, 0.15) is 5.69 Å². The lowest BCUT2D eigenvalue weighted by Gasteiger charge is -2.18. The van der Waals surface area contributed by atoms with E-state index in [1.807, 2.05) is 13.0 Å². The summed E-state index contributed by atoms with van der Waals surface area (Å²) in [6.07, 6.45) is 5.06. The van der Waals surface area contributed by atoms with E-state index in [9.17, 15) is 4.79 Å². The molecular formula is C12H13ClN4OS. The van der Waals surface area contributed by atoms with Crippen LogP contribution in [0.1, 0.15) is 6.92 Å². The Kier molecular flexibility index (Phi) is 4.44. The van der Waals surface area contributed by atoms with Crippen LogP contribution in [-0.2, 0) is 4.79 Å². The molecule has 0 saturated carbocycles. The first-order valence-electron chi connectivity index (χ1n) is 5.74. The molecule has 7 heteroatoms. The van der Waals surface area contributed by atoms with Gasteiger partial charge in [0.25, 0.3) is 0 Å². The molecule has 0 saturated heterocycles. The number of anilines is 1. The number of carbonyl (C=O) groups is 1. The molecule has 0 atom stereocenters. The molecule has 19 heavy (non-hydrogen) atoms. The number of hydrogen-bond acceptors (Lipinski definition) is 4. The van der Waals surface area contributed by atoms with Crippen LogP contribution in [-0.4, -0.2) is 33.0 Å². The predicted molar refractivity (Wildman–Crippen MR) is 78.2 cm³/mol. The van der Waals surface area contributed by atoms with Crippen LogP contribution in [0.2, 0.25) is 5.15 Å². The van der Waals surface area contributed by atoms with E-state index in [4.69, 9.17) is 11.6 Å². The Labute approximate surface area is 121 Å². The lowest BCUT2D eigenvalue weighted by molar-refractivity contribution is -0.116. The third-order valence-corrected chi connectivity index (χ3v) is 3.15. The minimum Gasteiger partial charge on any atom is -0.308 e. The van der Waals surface area contributed by atoms with Crippen molar-refractivity contribution in [3.05, 3.63) is 35.9 Å². The van der Waals surface area contributed by atoms with Crippen LogP contribution in [0.15, 0.2) is 30.7 Å². The van der Waals surface area contributed by atoms with Crippen molar-refractivity contribution in [3.8, 4) is 5.69 Å². The lowest BCUT2D eigenvalue weighted by Crippen LogP contribution is -2.31. The molecule has 2 aromatic rings. The van der Waals surface area contributed by atoms with E-state index in [1.165, 1.54) is 0 Å². The summed E-state index contributed by atoms with van der Waals surface area (Å²) in [5.74, 6) is 0.0147. The van der Waals surface area contributed by atoms with E-state index in [-0.39, 0.29) is 16.8 Å². The molecule has 5 nitrogen and oxygen atoms in total. The second-order valence-electron chi connectivity index (χ2n) is 3.76. The molecule has 2 rings (SSSR count). The smallest absolute Gasteiger partial charge is 0.236 e. The van der Waals surface area contributed by atoms with Crippen LogP contribution in [0.4, 0.5) is 5.69 Å². The zero-order valence-corrected chi connectivity index (χ0v) is 12.0. The Morgan fingerprint density at radius 2 is 2.37 bits per heavy atom. The van der Waals surface area contributed by atoms with Crippen LogP contribution in [0.3, 0.4) is 0 Å². The van der Waals surface area contributed by atoms with Gasteiger partial charge in [-0.3, -0.25) is 9.78 Å². The van der Waals surface area contributed by atoms with E-state index in [2.05, 4.69) is 22.7 Å². The zero-order chi connectivity index (χ0) is 13.8. The minimum atomic E-state index is -0.113. The second-order valence-corrected chi connectivity index (χ2v) is 4.43. The van der Waals surface area contributed by atoms with Gasteiger partial charge in [0.15, 0.2) is 5.15 Å². The highest BCUT2D eigenvalue weighted by Gasteiger charge is 2.18. The summed E-state index contributed by atoms with van der Waals surface area (Å²) in [6, 6.07) is 3.66. The Morgan fingerprint density at radius 3 is 2.95 bits per heavy atom. The van der Waals surface area contributed by atoms with Gasteiger partial charge < -0.3 is 4.90 Å². The lowest BCUT2D eigenvalue weighted by atomic mass is 10.4. The molecule has 2 heterocycles. The fourth-order valence-corrected chi connectivity index (χ4v) is 2.12. The molecule has 0 bridgehead atoms. The number of rotatable bonds is 4. The normalized spacial score (nSPS) is 10.5. The van der Waals surface area contributed by atoms with Crippen LogP contribution >= 0.6 is 24.2 Å². The SMILES string of the molecule is CCN(C(=O)CS)c1cn(-c2cccnc2)nc1Cl. The van der Waals surface area contributed by atoms with Crippen molar-refractivity contribution in [2.24, 2.45) is 0 Å². The van der Waals surface area contributed by atoms with Crippen molar-refractivity contribution in [2.45, 2.75) is 6.92 Å². The molecule has 2 aromatic heterocycles. The van der Waals surface area contributed by atoms with Crippen molar-refractivity contribution in [1.82, 2.24) is 14.8 Å². The first-order valence-corrected chi connectivity index (χ1v) is 6.75. The predicted octanol–water partition coefficient (Wildman–Crippen LogP) is 2.20. The Hall–Kier alpha value is -1.53. The van der Waals surface area contributed by atoms with E-state index in [1.54, 1.807) is 34.2 Å². The van der Waals surface area contributed by atoms with E-state index in [0.717, 1.165) is 5.69 Å². The van der Waals surface area contributed by atoms with Crippen LogP contribution in [0.5, 0.6) is 0 Å². The average Bonchev–Trinajstić information content (AvgIpc) is 2.82. The molecule has 0 radical (unpaired) electrons. The fraction of sp³-hybridized carbons (Fsp3) is 0.250. The fourth-order valence-electron chi connectivity index (χ4n) is 1.71. The number of amides is 1. The zero-order valence-electron chi connectivity index (χ0n) is 10.3. The quantitative estimate of drug-likeness (QED) is 0.880. The minimum absolute atomic E-state index is 0.113. The molecule has 0 aromatic carbocycles. The molecule has 0 aliphatic carbocycles. The molecular weight excluding hydrogens is 284 g/mol. The number of carbonyl (C=O) groups excluding carboxylic acids is 1. The molecule has 0 fully saturated rings. The first kappa shape index (κ1) is 13.9. The molecule has 0 aliphatic rings. The molecule has 0 N–H and O–H groups in total. The van der Waals surface area contributed by atoms with Gasteiger partial charge >= 0.3 is 0 Å². The standard InChI is InChI=1S/C12H13ClN4OS/c1-2-16(11(18)8-19)10-7-17(15-12(10)13)9-4-3-5-14-6-9/h3-7,19H,2,8H2,1H3. The summed E-state index contributed by atoms with van der Waals surface area (Å²) < 4.78 is 1.60. The number of pyridine rings is 1. The van der Waals surface area contributed by atoms with Gasteiger partial charge in [0.05, 0.1) is 23.8 Å². The maximum atomic E-state index is 11.8. The van der Waals surface area contributed by atoms with Crippen molar-refractivity contribution in [2.75, 3.05) is 17.2 Å². The number of hydrogen-bond donors (Lipinski definition) is 1. The van der Waals surface area contributed by atoms with Gasteiger partial charge in [-0.15, -0.1) is 0 Å². The van der Waals surface area contributed by atoms with Gasteiger partial charge in [-0.05, 0) is 19.1 Å². The van der Waals surface area contributed by atoms with E-state index >= 15 is 0 Å². The maximum Gasteiger partial charge on any atom is 0.236 e. The summed E-state index contributed by atoms with van der Waals surface area (Å²) in [6.45, 7) is 2.39. The van der Waals surface area contributed by atoms with Gasteiger partial charge in [-0.1, -0.05) is 11.6 Å². The largest absolute Gasteiger partial charge is 0.308 e. The van der Waals surface area contributed by atoms with Gasteiger partial charge in [-0.2, -0.15) is 17.7 Å². The van der Waals surface area contributed by atoms with Crippen molar-refractivity contribution >= 4 is 35.8 Å². The van der Waals surface area contributed by atoms with Gasteiger partial charge in [-0.25, -0.2) is 4.68 Å². The van der Waals surface area contributed by atoms with Crippen molar-refractivity contribution in [1.29, 1.82) is 0 Å². The maximum absolute atomic E-state index is 11.8. The number of nitrogens with zero attached hydrogens (tertiary/aromatic N) is 4. The summed E-state index contributed by atoms with van der Waals surface area (Å²) in [4.78, 5) is 17.4. The third kappa shape index (κ3) is 2.90. The molecule has 0 aliphatic heterocycles. The molecule has 0 spiro atoms. The Balaban J connectivity index is 2.38. The summed E-state index contributed by atoms with van der Waals surface area (Å²) in [7, 11) is 0. The van der Waals surface area contributed by atoms with Crippen LogP contribution in [0.25, 0.3) is 5.69 Å². The number of halogens is 1. The van der Waals surface area contributed by atoms with Crippen molar-refractivity contribution < 1.29 is 4.79 Å². The topological polar surface area (TPSA) is 51.0 Å². The second kappa shape index (κ2) is 6.08. The highest BCUT2D eigenvalue weighted by Crippen LogP contribution is 2.26. The first-order chi connectivity index (χ1) is 9.17. The molecule has 0 unspecified atom stereocenters. The van der Waals surface area contributed by atoms with Gasteiger partial charge in [0.2, 0.25) is 5.91 Å². The Morgan fingerprint density at radius 1 is 1.58 bits per heavy atom. The molecule has 1 amide bonds. The van der Waals surface area contributed by atoms with Gasteiger partial charge in [0, 0.05) is 12.7 Å². The summed E-state index contributed by atoms with van der Waals surface area (Å²) >= 11 is 10.1. The third-order valence-electron chi connectivity index (χ3n) is 2.61. The van der Waals surface area contributed by atoms with Crippen LogP contribution < -0.4 is 4.90 Å². The summed E-state index contributed by atoms with van der Waals surface area (Å²) in [5.41, 5.74) is 1.36. The highest BCUT2D eigenvalue weighted by atomic mass is 35.5. The monoisotopic (exact) mass is 296 g/mol.